The van der Waals surface area contributed by atoms with Gasteiger partial charge in [0.05, 0.1) is 12.5 Å². The van der Waals surface area contributed by atoms with E-state index in [0.717, 1.165) is 25.8 Å². The van der Waals surface area contributed by atoms with E-state index in [4.69, 9.17) is 4.42 Å². The average molecular weight is 244 g/mol. The highest BCUT2D eigenvalue weighted by Gasteiger charge is 2.09. The first kappa shape index (κ1) is 12.8. The van der Waals surface area contributed by atoms with Gasteiger partial charge in [-0.05, 0) is 55.1 Å². The Morgan fingerprint density at radius 3 is 2.72 bits per heavy atom. The lowest BCUT2D eigenvalue weighted by atomic mass is 10.0. The number of hydrogen-bond donors (Lipinski definition) is 1. The molecule has 0 saturated carbocycles. The van der Waals surface area contributed by atoms with Crippen LogP contribution in [0.4, 0.5) is 0 Å². The van der Waals surface area contributed by atoms with Gasteiger partial charge in [0.15, 0.2) is 0 Å². The summed E-state index contributed by atoms with van der Waals surface area (Å²) in [7, 11) is 0. The Balaban J connectivity index is 1.86. The van der Waals surface area contributed by atoms with Crippen molar-refractivity contribution in [1.29, 1.82) is 0 Å². The molecule has 2 aromatic heterocycles. The van der Waals surface area contributed by atoms with Crippen molar-refractivity contribution in [2.24, 2.45) is 0 Å². The molecule has 3 heteroatoms. The third-order valence-corrected chi connectivity index (χ3v) is 3.09. The molecule has 1 unspecified atom stereocenters. The second-order valence-corrected chi connectivity index (χ2v) is 4.48. The van der Waals surface area contributed by atoms with Crippen LogP contribution < -0.4 is 5.32 Å². The number of nitrogens with zero attached hydrogens (tertiary/aromatic N) is 1. The minimum atomic E-state index is 0.501. The van der Waals surface area contributed by atoms with Crippen LogP contribution in [0.5, 0.6) is 0 Å². The quantitative estimate of drug-likeness (QED) is 0.814. The summed E-state index contributed by atoms with van der Waals surface area (Å²) in [6.45, 7) is 3.15. The highest BCUT2D eigenvalue weighted by Crippen LogP contribution is 2.10. The van der Waals surface area contributed by atoms with Gasteiger partial charge in [-0.3, -0.25) is 4.98 Å². The molecule has 0 aliphatic heterocycles. The van der Waals surface area contributed by atoms with Gasteiger partial charge in [-0.2, -0.15) is 0 Å². The third-order valence-electron chi connectivity index (χ3n) is 3.09. The minimum Gasteiger partial charge on any atom is -0.472 e. The molecule has 1 N–H and O–H groups in total. The standard InChI is InChI=1S/C15H20N2O/c1-2-17-15(11-14-7-10-18-12-14)4-3-13-5-8-16-9-6-13/h5-10,12,15,17H,2-4,11H2,1H3. The molecule has 0 aromatic carbocycles. The highest BCUT2D eigenvalue weighted by molar-refractivity contribution is 5.11. The topological polar surface area (TPSA) is 38.1 Å². The number of aromatic nitrogens is 1. The van der Waals surface area contributed by atoms with E-state index >= 15 is 0 Å². The van der Waals surface area contributed by atoms with E-state index in [1.165, 1.54) is 11.1 Å². The number of nitrogens with one attached hydrogen (secondary N) is 1. The SMILES string of the molecule is CCNC(CCc1ccncc1)Cc1ccoc1. The molecule has 3 nitrogen and oxygen atoms in total. The number of rotatable bonds is 7. The fourth-order valence-corrected chi connectivity index (χ4v) is 2.15. The Hall–Kier alpha value is -1.61. The van der Waals surface area contributed by atoms with Gasteiger partial charge in [-0.25, -0.2) is 0 Å². The number of pyridine rings is 1. The Morgan fingerprint density at radius 1 is 1.22 bits per heavy atom. The van der Waals surface area contributed by atoms with Crippen molar-refractivity contribution < 1.29 is 4.42 Å². The van der Waals surface area contributed by atoms with Crippen LogP contribution in [-0.4, -0.2) is 17.6 Å². The van der Waals surface area contributed by atoms with Gasteiger partial charge in [0.2, 0.25) is 0 Å². The average Bonchev–Trinajstić information content (AvgIpc) is 2.90. The predicted molar refractivity (Wildman–Crippen MR) is 72.4 cm³/mol. The predicted octanol–water partition coefficient (Wildman–Crippen LogP) is 2.83. The fourth-order valence-electron chi connectivity index (χ4n) is 2.15. The Bertz CT molecular complexity index is 425. The molecule has 1 atom stereocenters. The smallest absolute Gasteiger partial charge is 0.0935 e. The maximum Gasteiger partial charge on any atom is 0.0935 e. The molecular weight excluding hydrogens is 224 g/mol. The summed E-state index contributed by atoms with van der Waals surface area (Å²) in [4.78, 5) is 4.04. The number of furan rings is 1. The van der Waals surface area contributed by atoms with Crippen LogP contribution in [0.1, 0.15) is 24.5 Å². The van der Waals surface area contributed by atoms with Crippen LogP contribution in [0.2, 0.25) is 0 Å². The van der Waals surface area contributed by atoms with Gasteiger partial charge < -0.3 is 9.73 Å². The molecule has 0 amide bonds. The molecule has 2 aromatic rings. The molecule has 18 heavy (non-hydrogen) atoms. The summed E-state index contributed by atoms with van der Waals surface area (Å²) in [5, 5.41) is 3.53. The molecule has 0 bridgehead atoms. The normalized spacial score (nSPS) is 12.5. The summed E-state index contributed by atoms with van der Waals surface area (Å²) in [6.07, 6.45) is 10.5. The monoisotopic (exact) mass is 244 g/mol. The van der Waals surface area contributed by atoms with Crippen LogP contribution in [0.3, 0.4) is 0 Å². The number of aryl methyl sites for hydroxylation is 1. The minimum absolute atomic E-state index is 0.501. The van der Waals surface area contributed by atoms with Gasteiger partial charge in [-0.15, -0.1) is 0 Å². The van der Waals surface area contributed by atoms with E-state index in [0.29, 0.717) is 6.04 Å². The van der Waals surface area contributed by atoms with Crippen molar-refractivity contribution in [3.8, 4) is 0 Å². The molecule has 0 spiro atoms. The second kappa shape index (κ2) is 6.97. The van der Waals surface area contributed by atoms with Gasteiger partial charge >= 0.3 is 0 Å². The summed E-state index contributed by atoms with van der Waals surface area (Å²) in [5.74, 6) is 0. The zero-order chi connectivity index (χ0) is 12.6. The highest BCUT2D eigenvalue weighted by atomic mass is 16.3. The summed E-state index contributed by atoms with van der Waals surface area (Å²) < 4.78 is 5.12. The van der Waals surface area contributed by atoms with Crippen molar-refractivity contribution >= 4 is 0 Å². The number of hydrogen-bond acceptors (Lipinski definition) is 3. The van der Waals surface area contributed by atoms with E-state index < -0.39 is 0 Å². The summed E-state index contributed by atoms with van der Waals surface area (Å²) >= 11 is 0. The summed E-state index contributed by atoms with van der Waals surface area (Å²) in [5.41, 5.74) is 2.61. The van der Waals surface area contributed by atoms with Gasteiger partial charge in [0, 0.05) is 18.4 Å². The first-order valence-electron chi connectivity index (χ1n) is 6.52. The van der Waals surface area contributed by atoms with Gasteiger partial charge in [-0.1, -0.05) is 6.92 Å². The lowest BCUT2D eigenvalue weighted by Crippen LogP contribution is -2.31. The molecule has 2 rings (SSSR count). The third kappa shape index (κ3) is 4.00. The van der Waals surface area contributed by atoms with Crippen LogP contribution >= 0.6 is 0 Å². The first-order chi connectivity index (χ1) is 8.88. The maximum absolute atomic E-state index is 5.12. The van der Waals surface area contributed by atoms with Crippen molar-refractivity contribution in [2.75, 3.05) is 6.54 Å². The molecule has 0 radical (unpaired) electrons. The van der Waals surface area contributed by atoms with E-state index in [2.05, 4.69) is 29.4 Å². The van der Waals surface area contributed by atoms with E-state index in [1.54, 1.807) is 6.26 Å². The lowest BCUT2D eigenvalue weighted by Gasteiger charge is -2.17. The summed E-state index contributed by atoms with van der Waals surface area (Å²) in [6, 6.07) is 6.71. The lowest BCUT2D eigenvalue weighted by molar-refractivity contribution is 0.486. The number of likely N-dealkylation sites (N-methyl/N-ethyl adjacent to an activating group) is 1. The molecular formula is C15H20N2O. The van der Waals surface area contributed by atoms with Crippen LogP contribution in [0.25, 0.3) is 0 Å². The molecule has 0 aliphatic carbocycles. The van der Waals surface area contributed by atoms with Crippen molar-refractivity contribution in [3.63, 3.8) is 0 Å². The van der Waals surface area contributed by atoms with Crippen LogP contribution in [0.15, 0.2) is 47.5 Å². The van der Waals surface area contributed by atoms with Crippen LogP contribution in [0, 0.1) is 0 Å². The first-order valence-corrected chi connectivity index (χ1v) is 6.52. The molecule has 0 saturated heterocycles. The molecule has 96 valence electrons. The van der Waals surface area contributed by atoms with Gasteiger partial charge in [0.25, 0.3) is 0 Å². The van der Waals surface area contributed by atoms with Crippen molar-refractivity contribution in [1.82, 2.24) is 10.3 Å². The second-order valence-electron chi connectivity index (χ2n) is 4.48. The van der Waals surface area contributed by atoms with Crippen LogP contribution in [-0.2, 0) is 12.8 Å². The fraction of sp³-hybridized carbons (Fsp3) is 0.400. The Labute approximate surface area is 108 Å². The largest absolute Gasteiger partial charge is 0.472 e. The van der Waals surface area contributed by atoms with Gasteiger partial charge in [0.1, 0.15) is 0 Å². The zero-order valence-electron chi connectivity index (χ0n) is 10.8. The molecule has 2 heterocycles. The Morgan fingerprint density at radius 2 is 2.06 bits per heavy atom. The Kier molecular flexibility index (Phi) is 4.97. The molecule has 0 fully saturated rings. The van der Waals surface area contributed by atoms with Crippen molar-refractivity contribution in [3.05, 3.63) is 54.2 Å². The zero-order valence-corrected chi connectivity index (χ0v) is 10.8. The van der Waals surface area contributed by atoms with Crippen molar-refractivity contribution in [2.45, 2.75) is 32.2 Å². The molecule has 0 aliphatic rings. The van der Waals surface area contributed by atoms with E-state index in [9.17, 15) is 0 Å². The van der Waals surface area contributed by atoms with E-state index in [-0.39, 0.29) is 0 Å². The van der Waals surface area contributed by atoms with E-state index in [1.807, 2.05) is 24.7 Å². The maximum atomic E-state index is 5.12.